The zero-order valence-electron chi connectivity index (χ0n) is 11.3. The Kier molecular flexibility index (Phi) is 4.34. The minimum atomic E-state index is -0.526. The molecule has 0 radical (unpaired) electrons. The molecule has 0 aliphatic carbocycles. The van der Waals surface area contributed by atoms with Crippen LogP contribution < -0.4 is 5.73 Å². The molecular weight excluding hydrogens is 256 g/mol. The van der Waals surface area contributed by atoms with Crippen molar-refractivity contribution in [2.24, 2.45) is 5.73 Å². The van der Waals surface area contributed by atoms with Crippen molar-refractivity contribution in [3.8, 4) is 0 Å². The van der Waals surface area contributed by atoms with Gasteiger partial charge in [0.15, 0.2) is 0 Å². The van der Waals surface area contributed by atoms with Gasteiger partial charge in [0.25, 0.3) is 0 Å². The van der Waals surface area contributed by atoms with Gasteiger partial charge in [-0.1, -0.05) is 30.3 Å². The molecule has 2 aromatic rings. The molecule has 0 spiro atoms. The first kappa shape index (κ1) is 14.2. The first-order valence-electron chi connectivity index (χ1n) is 6.43. The van der Waals surface area contributed by atoms with E-state index >= 15 is 0 Å². The summed E-state index contributed by atoms with van der Waals surface area (Å²) in [5.41, 5.74) is 7.61. The third-order valence-electron chi connectivity index (χ3n) is 3.68. The summed E-state index contributed by atoms with van der Waals surface area (Å²) in [6.07, 6.45) is 0.136. The van der Waals surface area contributed by atoms with Crippen LogP contribution in [0.5, 0.6) is 0 Å². The molecule has 1 aromatic heterocycles. The van der Waals surface area contributed by atoms with Gasteiger partial charge in [0.2, 0.25) is 0 Å². The van der Waals surface area contributed by atoms with Crippen LogP contribution in [0.2, 0.25) is 0 Å². The number of nitrogens with zero attached hydrogens (tertiary/aromatic N) is 1. The Morgan fingerprint density at radius 1 is 1.37 bits per heavy atom. The van der Waals surface area contributed by atoms with Crippen molar-refractivity contribution in [2.45, 2.75) is 31.8 Å². The van der Waals surface area contributed by atoms with E-state index in [2.05, 4.69) is 4.98 Å². The molecule has 0 saturated heterocycles. The molecule has 19 heavy (non-hydrogen) atoms. The molecule has 2 unspecified atom stereocenters. The number of hydrogen-bond donors (Lipinski definition) is 2. The van der Waals surface area contributed by atoms with E-state index in [-0.39, 0.29) is 0 Å². The third-order valence-corrected chi connectivity index (χ3v) is 4.50. The van der Waals surface area contributed by atoms with Crippen molar-refractivity contribution in [3.63, 3.8) is 0 Å². The molecule has 2 atom stereocenters. The van der Waals surface area contributed by atoms with Gasteiger partial charge < -0.3 is 10.8 Å². The number of nitrogens with two attached hydrogens (primary N) is 1. The number of hydrogen-bond acceptors (Lipinski definition) is 4. The molecule has 2 rings (SSSR count). The minimum absolute atomic E-state index is 0.394. The number of rotatable bonds is 5. The Balaban J connectivity index is 2.40. The maximum atomic E-state index is 10.3. The molecule has 1 heterocycles. The van der Waals surface area contributed by atoms with Gasteiger partial charge in [0.05, 0.1) is 16.8 Å². The fourth-order valence-corrected chi connectivity index (χ4v) is 3.05. The Bertz CT molecular complexity index is 524. The molecule has 1 aromatic carbocycles. The van der Waals surface area contributed by atoms with E-state index in [1.54, 1.807) is 18.3 Å². The molecule has 102 valence electrons. The Morgan fingerprint density at radius 2 is 2.05 bits per heavy atom. The lowest BCUT2D eigenvalue weighted by molar-refractivity contribution is 0.0995. The minimum Gasteiger partial charge on any atom is -0.392 e. The maximum absolute atomic E-state index is 10.3. The lowest BCUT2D eigenvalue weighted by Gasteiger charge is -2.35. The average Bonchev–Trinajstić information content (AvgIpc) is 2.82. The second kappa shape index (κ2) is 5.82. The Labute approximate surface area is 118 Å². The van der Waals surface area contributed by atoms with Crippen LogP contribution in [0.25, 0.3) is 0 Å². The van der Waals surface area contributed by atoms with Gasteiger partial charge in [0.1, 0.15) is 0 Å². The van der Waals surface area contributed by atoms with Gasteiger partial charge >= 0.3 is 0 Å². The van der Waals surface area contributed by atoms with Crippen LogP contribution >= 0.6 is 11.3 Å². The van der Waals surface area contributed by atoms with Crippen LogP contribution in [0.1, 0.15) is 23.2 Å². The number of aliphatic hydroxyl groups is 1. The first-order chi connectivity index (χ1) is 9.08. The number of aryl methyl sites for hydroxylation is 1. The summed E-state index contributed by atoms with van der Waals surface area (Å²) < 4.78 is 0. The number of benzene rings is 1. The van der Waals surface area contributed by atoms with Crippen LogP contribution in [0.4, 0.5) is 0 Å². The molecule has 0 aliphatic rings. The second-order valence-electron chi connectivity index (χ2n) is 4.94. The van der Waals surface area contributed by atoms with Gasteiger partial charge in [-0.15, -0.1) is 11.3 Å². The summed E-state index contributed by atoms with van der Waals surface area (Å²) in [7, 11) is 0. The molecule has 0 bridgehead atoms. The summed E-state index contributed by atoms with van der Waals surface area (Å²) in [5, 5.41) is 13.4. The van der Waals surface area contributed by atoms with E-state index in [0.717, 1.165) is 16.3 Å². The molecule has 3 nitrogen and oxygen atoms in total. The largest absolute Gasteiger partial charge is 0.392 e. The molecule has 3 N–H and O–H groups in total. The summed E-state index contributed by atoms with van der Waals surface area (Å²) in [5.74, 6) is 0. The van der Waals surface area contributed by atoms with Crippen LogP contribution in [0.15, 0.2) is 35.7 Å². The SMILES string of the molecule is Cc1nc(CC(CN)(c2ccccc2)C(C)O)cs1. The van der Waals surface area contributed by atoms with E-state index in [0.29, 0.717) is 13.0 Å². The normalized spacial score (nSPS) is 16.0. The monoisotopic (exact) mass is 276 g/mol. The smallest absolute Gasteiger partial charge is 0.0897 e. The van der Waals surface area contributed by atoms with Crippen molar-refractivity contribution in [1.82, 2.24) is 4.98 Å². The van der Waals surface area contributed by atoms with Crippen molar-refractivity contribution >= 4 is 11.3 Å². The highest BCUT2D eigenvalue weighted by atomic mass is 32.1. The van der Waals surface area contributed by atoms with Crippen LogP contribution in [0.3, 0.4) is 0 Å². The average molecular weight is 276 g/mol. The zero-order valence-corrected chi connectivity index (χ0v) is 12.2. The van der Waals surface area contributed by atoms with Crippen LogP contribution in [-0.4, -0.2) is 22.7 Å². The number of thiazole rings is 1. The van der Waals surface area contributed by atoms with Gasteiger partial charge in [-0.05, 0) is 19.4 Å². The van der Waals surface area contributed by atoms with E-state index in [1.807, 2.05) is 42.6 Å². The quantitative estimate of drug-likeness (QED) is 0.880. The molecule has 0 amide bonds. The topological polar surface area (TPSA) is 59.1 Å². The zero-order chi connectivity index (χ0) is 13.9. The Morgan fingerprint density at radius 3 is 2.53 bits per heavy atom. The van der Waals surface area contributed by atoms with Gasteiger partial charge in [-0.2, -0.15) is 0 Å². The summed E-state index contributed by atoms with van der Waals surface area (Å²) in [4.78, 5) is 4.50. The lowest BCUT2D eigenvalue weighted by Crippen LogP contribution is -2.46. The predicted octanol–water partition coefficient (Wildman–Crippen LogP) is 2.27. The van der Waals surface area contributed by atoms with Crippen molar-refractivity contribution in [2.75, 3.05) is 6.54 Å². The lowest BCUT2D eigenvalue weighted by atomic mass is 9.73. The predicted molar refractivity (Wildman–Crippen MR) is 79.4 cm³/mol. The summed E-state index contributed by atoms with van der Waals surface area (Å²) in [6.45, 7) is 4.19. The number of aromatic nitrogens is 1. The fourth-order valence-electron chi connectivity index (χ4n) is 2.43. The first-order valence-corrected chi connectivity index (χ1v) is 7.31. The summed E-state index contributed by atoms with van der Waals surface area (Å²) >= 11 is 1.63. The van der Waals surface area contributed by atoms with Crippen LogP contribution in [-0.2, 0) is 11.8 Å². The van der Waals surface area contributed by atoms with Gasteiger partial charge in [-0.3, -0.25) is 0 Å². The highest BCUT2D eigenvalue weighted by Gasteiger charge is 2.36. The Hall–Kier alpha value is -1.23. The molecule has 0 aliphatic heterocycles. The molecule has 4 heteroatoms. The van der Waals surface area contributed by atoms with E-state index < -0.39 is 11.5 Å². The molecule has 0 saturated carbocycles. The molecular formula is C15H20N2OS. The van der Waals surface area contributed by atoms with Crippen molar-refractivity contribution < 1.29 is 5.11 Å². The van der Waals surface area contributed by atoms with Gasteiger partial charge in [0, 0.05) is 23.8 Å². The third kappa shape index (κ3) is 2.86. The highest BCUT2D eigenvalue weighted by molar-refractivity contribution is 7.09. The second-order valence-corrected chi connectivity index (χ2v) is 6.00. The maximum Gasteiger partial charge on any atom is 0.0897 e. The van der Waals surface area contributed by atoms with Crippen molar-refractivity contribution in [1.29, 1.82) is 0 Å². The van der Waals surface area contributed by atoms with Crippen LogP contribution in [0, 0.1) is 6.92 Å². The van der Waals surface area contributed by atoms with Gasteiger partial charge in [-0.25, -0.2) is 4.98 Å². The van der Waals surface area contributed by atoms with Crippen molar-refractivity contribution in [3.05, 3.63) is 52.0 Å². The van der Waals surface area contributed by atoms with E-state index in [1.165, 1.54) is 0 Å². The number of aliphatic hydroxyl groups excluding tert-OH is 1. The van der Waals surface area contributed by atoms with E-state index in [9.17, 15) is 5.11 Å². The van der Waals surface area contributed by atoms with E-state index in [4.69, 9.17) is 5.73 Å². The standard InChI is InChI=1S/C15H20N2OS/c1-11(18)15(10-16,13-6-4-3-5-7-13)8-14-9-19-12(2)17-14/h3-7,9,11,18H,8,10,16H2,1-2H3. The summed E-state index contributed by atoms with van der Waals surface area (Å²) in [6, 6.07) is 9.99. The highest BCUT2D eigenvalue weighted by Crippen LogP contribution is 2.31. The fraction of sp³-hybridized carbons (Fsp3) is 0.400. The molecule has 0 fully saturated rings.